The molecule has 564 valence electrons. The largest absolute Gasteiger partial charge is 0.398 e. The first kappa shape index (κ1) is 81.7. The number of nitro groups is 2. The first-order chi connectivity index (χ1) is 53.8. The monoisotopic (exact) mass is 1700 g/mol. The van der Waals surface area contributed by atoms with Gasteiger partial charge >= 0.3 is 0 Å². The topological polar surface area (TPSA) is 376 Å². The van der Waals surface area contributed by atoms with Crippen LogP contribution in [-0.4, -0.2) is 85.3 Å². The van der Waals surface area contributed by atoms with Crippen molar-refractivity contribution in [2.45, 2.75) is 49.0 Å². The number of carbonyl (C=O) groups excluding carboxylic acids is 1. The molecule has 0 spiro atoms. The summed E-state index contributed by atoms with van der Waals surface area (Å²) in [6.45, 7) is 0. The Labute approximate surface area is 659 Å². The first-order valence-electron chi connectivity index (χ1n) is 33.2. The van der Waals surface area contributed by atoms with Crippen molar-refractivity contribution < 1.29 is 56.7 Å². The molecule has 0 saturated heterocycles. The number of hydrogen-bond acceptors (Lipinski definition) is 21. The van der Waals surface area contributed by atoms with E-state index >= 15 is 0 Å². The number of anilines is 3. The van der Waals surface area contributed by atoms with Crippen molar-refractivity contribution in [1.82, 2.24) is 19.9 Å². The Morgan fingerprint density at radius 1 is 0.330 bits per heavy atom. The van der Waals surface area contributed by atoms with Gasteiger partial charge in [0.2, 0.25) is 55.6 Å². The average Bonchev–Trinajstić information content (AvgIpc) is 0.632. The van der Waals surface area contributed by atoms with E-state index in [1.54, 1.807) is 239 Å². The van der Waals surface area contributed by atoms with Gasteiger partial charge in [-0.25, -0.2) is 42.1 Å². The molecule has 0 bridgehead atoms. The molecule has 4 N–H and O–H groups in total. The van der Waals surface area contributed by atoms with Crippen molar-refractivity contribution in [3.63, 3.8) is 0 Å². The summed E-state index contributed by atoms with van der Waals surface area (Å²) in [5.74, 6) is 0. The van der Waals surface area contributed by atoms with E-state index in [9.17, 15) is 67.1 Å². The summed E-state index contributed by atoms with van der Waals surface area (Å²) < 4.78 is 127. The molecule has 0 aliphatic heterocycles. The molecule has 1 amide bonds. The highest BCUT2D eigenvalue weighted by Gasteiger charge is 2.30. The molecule has 10 aromatic carbocycles. The number of pyridine rings is 4. The molecule has 0 aliphatic carbocycles. The normalized spacial score (nSPS) is 11.2. The Kier molecular flexibility index (Phi) is 27.0. The number of carbonyl (C=O) groups is 1. The van der Waals surface area contributed by atoms with Crippen LogP contribution in [0.1, 0.15) is 0 Å². The third-order valence-electron chi connectivity index (χ3n) is 16.4. The molecule has 0 aliphatic rings. The van der Waals surface area contributed by atoms with E-state index in [0.29, 0.717) is 26.8 Å². The van der Waals surface area contributed by atoms with Gasteiger partial charge in [-0.3, -0.25) is 45.0 Å². The lowest BCUT2D eigenvalue weighted by atomic mass is 10.1. The second kappa shape index (κ2) is 37.0. The summed E-state index contributed by atoms with van der Waals surface area (Å²) in [5.41, 5.74) is 12.5. The maximum Gasteiger partial charge on any atom is 0.289 e. The van der Waals surface area contributed by atoms with Crippen LogP contribution in [-0.2, 0) is 54.0 Å². The molecule has 14 rings (SSSR count). The van der Waals surface area contributed by atoms with Crippen molar-refractivity contribution in [3.05, 3.63) is 365 Å². The lowest BCUT2D eigenvalue weighted by Crippen LogP contribution is -2.07. The van der Waals surface area contributed by atoms with Gasteiger partial charge in [-0.05, 0) is 184 Å². The zero-order chi connectivity index (χ0) is 80.1. The fourth-order valence-corrected chi connectivity index (χ4v) is 18.5. The van der Waals surface area contributed by atoms with Gasteiger partial charge in [-0.2, -0.15) is 0 Å². The molecule has 4 aromatic heterocycles. The number of nitro benzene ring substituents is 2. The number of amides is 1. The standard InChI is InChI=1S/C18H14N2O3S.C18H16N2O2S.C17H12N2O4S.C17H14N2O2S.C12H8INO4S/c21-13-20-17-11-14(15-5-4-10-19-12-15)8-9-18(17)24(22,23)16-6-2-1-3-7-16;1-19-17-12-14(15-6-5-11-20-13-15)9-10-18(17)23(21,22)16-7-3-2-4-8-16;20-19(21)16-11-13(14-5-4-10-18-12-14)8-9-17(16)24(22,23)15-6-2-1-3-7-15;18-16-11-13(14-5-4-10-19-12-14)8-9-17(16)22(20,21)15-6-2-1-3-7-15;13-9-6-7-12(11(8-9)14(15)16)19(17,18)10-4-2-1-3-5-10/h1-13H,(H,20,21);2-13,19H,1H3;1-12H;1-12H,18H2;1-8H. The molecule has 4 heterocycles. The van der Waals surface area contributed by atoms with E-state index in [1.807, 2.05) is 59.0 Å². The van der Waals surface area contributed by atoms with Gasteiger partial charge in [0.25, 0.3) is 11.4 Å². The summed E-state index contributed by atoms with van der Waals surface area (Å²) >= 11 is 1.90. The molecule has 0 unspecified atom stereocenters. The number of hydrogen-bond donors (Lipinski definition) is 3. The minimum absolute atomic E-state index is 0.0160. The van der Waals surface area contributed by atoms with Crippen LogP contribution in [0.15, 0.2) is 390 Å². The van der Waals surface area contributed by atoms with Crippen LogP contribution in [0, 0.1) is 23.8 Å². The number of nitrogen functional groups attached to an aromatic ring is 1. The summed E-state index contributed by atoms with van der Waals surface area (Å²) in [6, 6.07) is 77.8. The first-order valence-corrected chi connectivity index (χ1v) is 41.7. The lowest BCUT2D eigenvalue weighted by Gasteiger charge is -2.12. The van der Waals surface area contributed by atoms with Crippen LogP contribution in [0.25, 0.3) is 44.5 Å². The van der Waals surface area contributed by atoms with Gasteiger partial charge in [0, 0.05) is 94.6 Å². The Bertz CT molecular complexity index is 6260. The van der Waals surface area contributed by atoms with E-state index in [1.165, 1.54) is 72.8 Å². The van der Waals surface area contributed by atoms with Crippen LogP contribution >= 0.6 is 22.6 Å². The summed E-state index contributed by atoms with van der Waals surface area (Å²) in [6.07, 6.45) is 13.8. The minimum atomic E-state index is -3.97. The van der Waals surface area contributed by atoms with E-state index < -0.39 is 70.4 Å². The Hall–Kier alpha value is -12.9. The van der Waals surface area contributed by atoms with Gasteiger partial charge in [0.1, 0.15) is 9.79 Å². The number of nitrogens with two attached hydrogens (primary N) is 1. The molecular weight excluding hydrogens is 1640 g/mol. The quantitative estimate of drug-likeness (QED) is 0.0222. The van der Waals surface area contributed by atoms with Crippen LogP contribution in [0.4, 0.5) is 28.4 Å². The number of nitrogens with one attached hydrogen (secondary N) is 2. The fourth-order valence-electron chi connectivity index (χ4n) is 10.9. The van der Waals surface area contributed by atoms with Crippen LogP contribution in [0.5, 0.6) is 0 Å². The smallest absolute Gasteiger partial charge is 0.289 e. The molecule has 0 saturated carbocycles. The van der Waals surface area contributed by atoms with Crippen molar-refractivity contribution in [3.8, 4) is 44.5 Å². The second-order valence-electron chi connectivity index (χ2n) is 23.5. The van der Waals surface area contributed by atoms with Crippen molar-refractivity contribution in [2.24, 2.45) is 0 Å². The van der Waals surface area contributed by atoms with E-state index in [4.69, 9.17) is 5.73 Å². The number of halogens is 1. The van der Waals surface area contributed by atoms with Crippen LogP contribution in [0.3, 0.4) is 0 Å². The fraction of sp³-hybridized carbons (Fsp3) is 0.0122. The van der Waals surface area contributed by atoms with E-state index in [0.717, 1.165) is 33.4 Å². The third kappa shape index (κ3) is 19.8. The Balaban J connectivity index is 0.000000149. The zero-order valence-electron chi connectivity index (χ0n) is 58.7. The Morgan fingerprint density at radius 2 is 0.607 bits per heavy atom. The SMILES string of the molecule is CNc1cc(-c2cccnc2)ccc1S(=O)(=O)c1ccccc1.Nc1cc(-c2cccnc2)ccc1S(=O)(=O)c1ccccc1.O=CNc1cc(-c2cccnc2)ccc1S(=O)(=O)c1ccccc1.O=[N+]([O-])c1cc(-c2cccnc2)ccc1S(=O)(=O)c1ccccc1.O=[N+]([O-])c1cc(I)ccc1S(=O)(=O)c1ccccc1. The molecule has 0 fully saturated rings. The van der Waals surface area contributed by atoms with Crippen molar-refractivity contribution in [2.75, 3.05) is 23.4 Å². The maximum atomic E-state index is 12.8. The third-order valence-corrected chi connectivity index (χ3v) is 26.2. The highest BCUT2D eigenvalue weighted by atomic mass is 127. The summed E-state index contributed by atoms with van der Waals surface area (Å²) in [5, 5.41) is 27.9. The van der Waals surface area contributed by atoms with Crippen LogP contribution in [0.2, 0.25) is 0 Å². The molecule has 0 radical (unpaired) electrons. The van der Waals surface area contributed by atoms with E-state index in [2.05, 4.69) is 30.6 Å². The van der Waals surface area contributed by atoms with Gasteiger partial charge in [-0.1, -0.05) is 140 Å². The summed E-state index contributed by atoms with van der Waals surface area (Å²) in [4.78, 5) is 48.7. The molecule has 0 atom stereocenters. The van der Waals surface area contributed by atoms with Gasteiger partial charge < -0.3 is 16.4 Å². The highest BCUT2D eigenvalue weighted by Crippen LogP contribution is 2.37. The number of sulfone groups is 5. The predicted octanol–water partition coefficient (Wildman–Crippen LogP) is 16.5. The minimum Gasteiger partial charge on any atom is -0.398 e. The molecule has 14 aromatic rings. The molecule has 24 nitrogen and oxygen atoms in total. The van der Waals surface area contributed by atoms with Gasteiger partial charge in [0.15, 0.2) is 0 Å². The number of aromatic nitrogens is 4. The predicted molar refractivity (Wildman–Crippen MR) is 434 cm³/mol. The maximum absolute atomic E-state index is 12.8. The zero-order valence-corrected chi connectivity index (χ0v) is 65.0. The van der Waals surface area contributed by atoms with Gasteiger partial charge in [-0.15, -0.1) is 0 Å². The average molecular weight is 1700 g/mol. The molecule has 30 heteroatoms. The van der Waals surface area contributed by atoms with Crippen molar-refractivity contribution in [1.29, 1.82) is 0 Å². The molecular formula is C82H64IN9O15S5. The van der Waals surface area contributed by atoms with Gasteiger partial charge in [0.05, 0.1) is 66.1 Å². The van der Waals surface area contributed by atoms with Crippen molar-refractivity contribution >= 4 is 107 Å². The summed E-state index contributed by atoms with van der Waals surface area (Å²) in [7, 11) is -17.0. The Morgan fingerprint density at radius 3 is 0.920 bits per heavy atom. The lowest BCUT2D eigenvalue weighted by molar-refractivity contribution is -0.388. The number of benzene rings is 10. The number of nitrogens with zero attached hydrogens (tertiary/aromatic N) is 6. The van der Waals surface area contributed by atoms with E-state index in [-0.39, 0.29) is 60.3 Å². The highest BCUT2D eigenvalue weighted by molar-refractivity contribution is 14.1. The number of rotatable bonds is 19. The second-order valence-corrected chi connectivity index (χ2v) is 34.4. The van der Waals surface area contributed by atoms with Crippen LogP contribution < -0.4 is 16.4 Å². The molecule has 112 heavy (non-hydrogen) atoms.